The number of hydrogen-bond donors (Lipinski definition) is 2. The molecule has 0 fully saturated rings. The monoisotopic (exact) mass is 393 g/mol. The van der Waals surface area contributed by atoms with E-state index in [1.54, 1.807) is 12.1 Å². The summed E-state index contributed by atoms with van der Waals surface area (Å²) in [6.45, 7) is 4.82. The third kappa shape index (κ3) is 4.62. The summed E-state index contributed by atoms with van der Waals surface area (Å²) >= 11 is 4.72. The largest absolute Gasteiger partial charge is 0.364 e. The van der Waals surface area contributed by atoms with Gasteiger partial charge in [-0.1, -0.05) is 19.0 Å². The molecule has 0 aliphatic heterocycles. The van der Waals surface area contributed by atoms with Crippen LogP contribution in [-0.2, 0) is 23.1 Å². The molecular formula is C12H16BrN3O3S2. The Hall–Kier alpha value is -0.740. The van der Waals surface area contributed by atoms with Crippen molar-refractivity contribution < 1.29 is 12.9 Å². The van der Waals surface area contributed by atoms with Gasteiger partial charge in [0.25, 0.3) is 0 Å². The first-order valence-corrected chi connectivity index (χ1v) is 9.38. The number of hydrogen-bond acceptors (Lipinski definition) is 6. The Bertz CT molecular complexity index is 681. The van der Waals surface area contributed by atoms with Crippen molar-refractivity contribution in [3.63, 3.8) is 0 Å². The lowest BCUT2D eigenvalue weighted by Gasteiger charge is -2.05. The molecule has 0 aliphatic carbocycles. The summed E-state index contributed by atoms with van der Waals surface area (Å²) in [6, 6.07) is 3.63. The van der Waals surface area contributed by atoms with Gasteiger partial charge in [-0.3, -0.25) is 0 Å². The second kappa shape index (κ2) is 7.01. The maximum atomic E-state index is 12.3. The van der Waals surface area contributed by atoms with Gasteiger partial charge < -0.3 is 9.84 Å². The van der Waals surface area contributed by atoms with E-state index in [0.717, 1.165) is 4.88 Å². The van der Waals surface area contributed by atoms with Gasteiger partial charge in [0.1, 0.15) is 11.2 Å². The molecule has 0 bridgehead atoms. The Labute approximate surface area is 136 Å². The molecular weight excluding hydrogens is 378 g/mol. The number of nitrogens with one attached hydrogen (secondary N) is 2. The van der Waals surface area contributed by atoms with E-state index in [4.69, 9.17) is 0 Å². The minimum absolute atomic E-state index is 0.0979. The first-order valence-electron chi connectivity index (χ1n) is 6.29. The molecule has 2 heterocycles. The summed E-state index contributed by atoms with van der Waals surface area (Å²) < 4.78 is 32.3. The van der Waals surface area contributed by atoms with E-state index in [-0.39, 0.29) is 11.4 Å². The minimum Gasteiger partial charge on any atom is -0.364 e. The first kappa shape index (κ1) is 16.6. The number of sulfonamides is 1. The van der Waals surface area contributed by atoms with Crippen molar-refractivity contribution in [3.8, 4) is 0 Å². The van der Waals surface area contributed by atoms with Crippen molar-refractivity contribution in [2.45, 2.75) is 37.9 Å². The SMILES string of the molecule is CC(C)NCc1cc(S(=O)(=O)NCc2ccon2)c(Br)s1. The lowest BCUT2D eigenvalue weighted by molar-refractivity contribution is 0.411. The molecule has 0 spiro atoms. The third-order valence-electron chi connectivity index (χ3n) is 2.62. The van der Waals surface area contributed by atoms with Crippen LogP contribution < -0.4 is 10.0 Å². The zero-order valence-corrected chi connectivity index (χ0v) is 14.8. The standard InChI is InChI=1S/C12H16BrN3O3S2/c1-8(2)14-7-10-5-11(12(13)20-10)21(17,18)15-6-9-3-4-19-16-9/h3-5,8,14-15H,6-7H2,1-2H3. The summed E-state index contributed by atoms with van der Waals surface area (Å²) in [5.74, 6) is 0. The van der Waals surface area contributed by atoms with Gasteiger partial charge >= 0.3 is 0 Å². The molecule has 2 rings (SSSR count). The van der Waals surface area contributed by atoms with E-state index < -0.39 is 10.0 Å². The summed E-state index contributed by atoms with van der Waals surface area (Å²) in [7, 11) is -3.58. The predicted octanol–water partition coefficient (Wildman–Crippen LogP) is 2.48. The van der Waals surface area contributed by atoms with Gasteiger partial charge in [0.2, 0.25) is 10.0 Å². The number of thiophene rings is 1. The molecule has 0 aliphatic rings. The molecule has 9 heteroatoms. The summed E-state index contributed by atoms with van der Waals surface area (Å²) in [5, 5.41) is 6.93. The van der Waals surface area contributed by atoms with Crippen LogP contribution in [0.2, 0.25) is 0 Å². The van der Waals surface area contributed by atoms with Crippen LogP contribution in [0.1, 0.15) is 24.4 Å². The molecule has 2 aromatic heterocycles. The molecule has 21 heavy (non-hydrogen) atoms. The average molecular weight is 394 g/mol. The molecule has 0 aromatic carbocycles. The van der Waals surface area contributed by atoms with E-state index in [1.807, 2.05) is 13.8 Å². The maximum Gasteiger partial charge on any atom is 0.242 e. The number of nitrogens with zero attached hydrogens (tertiary/aromatic N) is 1. The van der Waals surface area contributed by atoms with Crippen LogP contribution in [-0.4, -0.2) is 19.6 Å². The maximum absolute atomic E-state index is 12.3. The highest BCUT2D eigenvalue weighted by Gasteiger charge is 2.21. The van der Waals surface area contributed by atoms with Crippen molar-refractivity contribution in [3.05, 3.63) is 32.8 Å². The topological polar surface area (TPSA) is 84.2 Å². The molecule has 6 nitrogen and oxygen atoms in total. The third-order valence-corrected chi connectivity index (χ3v) is 6.27. The molecule has 2 aromatic rings. The van der Waals surface area contributed by atoms with E-state index in [9.17, 15) is 8.42 Å². The summed E-state index contributed by atoms with van der Waals surface area (Å²) in [4.78, 5) is 1.20. The molecule has 0 radical (unpaired) electrons. The van der Waals surface area contributed by atoms with Crippen molar-refractivity contribution >= 4 is 37.3 Å². The normalized spacial score (nSPS) is 12.2. The van der Waals surface area contributed by atoms with E-state index in [2.05, 4.69) is 35.6 Å². The lowest BCUT2D eigenvalue weighted by atomic mass is 10.4. The second-order valence-electron chi connectivity index (χ2n) is 4.70. The smallest absolute Gasteiger partial charge is 0.242 e. The minimum atomic E-state index is -3.58. The van der Waals surface area contributed by atoms with Crippen molar-refractivity contribution in [1.29, 1.82) is 0 Å². The lowest BCUT2D eigenvalue weighted by Crippen LogP contribution is -2.23. The van der Waals surface area contributed by atoms with Crippen LogP contribution in [0.5, 0.6) is 0 Å². The fraction of sp³-hybridized carbons (Fsp3) is 0.417. The van der Waals surface area contributed by atoms with Gasteiger partial charge in [0.15, 0.2) is 0 Å². The Balaban J connectivity index is 2.08. The Morgan fingerprint density at radius 3 is 2.81 bits per heavy atom. The molecule has 0 saturated carbocycles. The van der Waals surface area contributed by atoms with Gasteiger partial charge in [-0.25, -0.2) is 13.1 Å². The van der Waals surface area contributed by atoms with Gasteiger partial charge in [-0.2, -0.15) is 0 Å². The van der Waals surface area contributed by atoms with Crippen molar-refractivity contribution in [2.24, 2.45) is 0 Å². The molecule has 0 unspecified atom stereocenters. The van der Waals surface area contributed by atoms with Crippen LogP contribution >= 0.6 is 27.3 Å². The van der Waals surface area contributed by atoms with E-state index in [0.29, 0.717) is 22.1 Å². The Morgan fingerprint density at radius 2 is 2.19 bits per heavy atom. The van der Waals surface area contributed by atoms with Gasteiger partial charge in [0, 0.05) is 23.5 Å². The highest BCUT2D eigenvalue weighted by atomic mass is 79.9. The Kier molecular flexibility index (Phi) is 5.55. The highest BCUT2D eigenvalue weighted by molar-refractivity contribution is 9.11. The van der Waals surface area contributed by atoms with Gasteiger partial charge in [-0.15, -0.1) is 11.3 Å². The number of aromatic nitrogens is 1. The van der Waals surface area contributed by atoms with E-state index in [1.165, 1.54) is 17.6 Å². The quantitative estimate of drug-likeness (QED) is 0.754. The highest BCUT2D eigenvalue weighted by Crippen LogP contribution is 2.31. The van der Waals surface area contributed by atoms with Crippen LogP contribution in [0.15, 0.2) is 31.6 Å². The Morgan fingerprint density at radius 1 is 1.43 bits per heavy atom. The molecule has 2 N–H and O–H groups in total. The molecule has 0 amide bonds. The van der Waals surface area contributed by atoms with Crippen LogP contribution in [0.3, 0.4) is 0 Å². The second-order valence-corrected chi connectivity index (χ2v) is 8.89. The van der Waals surface area contributed by atoms with Crippen LogP contribution in [0, 0.1) is 0 Å². The van der Waals surface area contributed by atoms with E-state index >= 15 is 0 Å². The van der Waals surface area contributed by atoms with Crippen LogP contribution in [0.25, 0.3) is 0 Å². The number of halogens is 1. The fourth-order valence-corrected chi connectivity index (χ4v) is 5.18. The summed E-state index contributed by atoms with van der Waals surface area (Å²) in [5.41, 5.74) is 0.534. The summed E-state index contributed by atoms with van der Waals surface area (Å²) in [6.07, 6.45) is 1.40. The zero-order valence-electron chi connectivity index (χ0n) is 11.6. The first-order chi connectivity index (χ1) is 9.88. The van der Waals surface area contributed by atoms with Crippen molar-refractivity contribution in [1.82, 2.24) is 15.2 Å². The van der Waals surface area contributed by atoms with Crippen LogP contribution in [0.4, 0.5) is 0 Å². The number of rotatable bonds is 7. The average Bonchev–Trinajstić information content (AvgIpc) is 3.03. The predicted molar refractivity (Wildman–Crippen MR) is 84.5 cm³/mol. The zero-order chi connectivity index (χ0) is 15.5. The molecule has 0 atom stereocenters. The van der Waals surface area contributed by atoms with Gasteiger partial charge in [-0.05, 0) is 22.0 Å². The van der Waals surface area contributed by atoms with Crippen molar-refractivity contribution in [2.75, 3.05) is 0 Å². The fourth-order valence-electron chi connectivity index (χ4n) is 1.55. The molecule has 0 saturated heterocycles. The molecule has 116 valence electrons. The van der Waals surface area contributed by atoms with Gasteiger partial charge in [0.05, 0.1) is 16.0 Å².